The van der Waals surface area contributed by atoms with Crippen LogP contribution in [0.1, 0.15) is 6.42 Å². The Morgan fingerprint density at radius 1 is 1.50 bits per heavy atom. The number of ether oxygens (including phenoxy) is 1. The molecule has 2 heterocycles. The van der Waals surface area contributed by atoms with Gasteiger partial charge >= 0.3 is 0 Å². The Labute approximate surface area is 57.4 Å². The molecule has 0 amide bonds. The Balaban J connectivity index is 2.17. The molecule has 48 valence electrons. The Bertz CT molecular complexity index is 334. The zero-order valence-electron chi connectivity index (χ0n) is 5.16. The van der Waals surface area contributed by atoms with Gasteiger partial charge in [0, 0.05) is 6.08 Å². The Morgan fingerprint density at radius 3 is 3.50 bits per heavy atom. The summed E-state index contributed by atoms with van der Waals surface area (Å²) in [6.07, 6.45) is 4.36. The first-order chi connectivity index (χ1) is 4.93. The molecule has 3 rings (SSSR count). The fourth-order valence-electron chi connectivity index (χ4n) is 1.17. The molecular formula is C7H4N2O. The van der Waals surface area contributed by atoms with Gasteiger partial charge in [-0.2, -0.15) is 0 Å². The number of hydrogen-bond acceptors (Lipinski definition) is 3. The smallest absolute Gasteiger partial charge is 0.168 e. The van der Waals surface area contributed by atoms with Gasteiger partial charge in [-0.05, 0) is 0 Å². The second-order valence-corrected chi connectivity index (χ2v) is 2.42. The van der Waals surface area contributed by atoms with E-state index in [-0.39, 0.29) is 0 Å². The molecule has 0 unspecified atom stereocenters. The molecule has 3 nitrogen and oxygen atoms in total. The lowest BCUT2D eigenvalue weighted by atomic mass is 10.1. The summed E-state index contributed by atoms with van der Waals surface area (Å²) < 4.78 is 5.12. The lowest BCUT2D eigenvalue weighted by Gasteiger charge is -1.95. The second kappa shape index (κ2) is 1.21. The third-order valence-corrected chi connectivity index (χ3v) is 1.77. The van der Waals surface area contributed by atoms with Crippen molar-refractivity contribution in [2.24, 2.45) is 9.98 Å². The molecule has 0 atom stereocenters. The highest BCUT2D eigenvalue weighted by Gasteiger charge is 2.32. The average Bonchev–Trinajstić information content (AvgIpc) is 2.52. The van der Waals surface area contributed by atoms with Crippen molar-refractivity contribution in [2.45, 2.75) is 6.42 Å². The van der Waals surface area contributed by atoms with E-state index in [1.807, 2.05) is 6.08 Å². The number of aliphatic imine (C=N–C) groups is 2. The summed E-state index contributed by atoms with van der Waals surface area (Å²) in [7, 11) is 0. The summed E-state index contributed by atoms with van der Waals surface area (Å²) >= 11 is 0. The van der Waals surface area contributed by atoms with Crippen LogP contribution in [0.5, 0.6) is 0 Å². The average molecular weight is 132 g/mol. The van der Waals surface area contributed by atoms with Crippen molar-refractivity contribution in [3.63, 3.8) is 0 Å². The van der Waals surface area contributed by atoms with Crippen LogP contribution in [0.25, 0.3) is 0 Å². The van der Waals surface area contributed by atoms with E-state index >= 15 is 0 Å². The van der Waals surface area contributed by atoms with Gasteiger partial charge in [0.1, 0.15) is 6.34 Å². The first kappa shape index (κ1) is 4.44. The molecule has 3 heteroatoms. The molecule has 0 fully saturated rings. The van der Waals surface area contributed by atoms with Crippen LogP contribution in [0.2, 0.25) is 0 Å². The first-order valence-electron chi connectivity index (χ1n) is 3.16. The van der Waals surface area contributed by atoms with Crippen LogP contribution >= 0.6 is 0 Å². The van der Waals surface area contributed by atoms with Crippen molar-refractivity contribution >= 4 is 12.1 Å². The normalized spacial score (nSPS) is 24.8. The largest absolute Gasteiger partial charge is 0.454 e. The molecule has 3 aliphatic rings. The minimum Gasteiger partial charge on any atom is -0.454 e. The van der Waals surface area contributed by atoms with Crippen LogP contribution in [-0.2, 0) is 4.74 Å². The molecular weight excluding hydrogens is 128 g/mol. The first-order valence-corrected chi connectivity index (χ1v) is 3.16. The molecule has 2 aliphatic heterocycles. The number of rotatable bonds is 0. The van der Waals surface area contributed by atoms with E-state index in [9.17, 15) is 0 Å². The van der Waals surface area contributed by atoms with E-state index in [2.05, 4.69) is 9.98 Å². The lowest BCUT2D eigenvalue weighted by molar-refractivity contribution is 0.477. The SMILES string of the molecule is C1=NC2=CC3=C(CC2=N1)O3. The molecule has 0 N–H and O–H groups in total. The van der Waals surface area contributed by atoms with Crippen molar-refractivity contribution in [1.29, 1.82) is 0 Å². The molecule has 0 aromatic heterocycles. The maximum absolute atomic E-state index is 5.12. The van der Waals surface area contributed by atoms with E-state index in [4.69, 9.17) is 4.74 Å². The summed E-state index contributed by atoms with van der Waals surface area (Å²) in [5.74, 6) is 2.06. The molecule has 0 spiro atoms. The van der Waals surface area contributed by atoms with E-state index in [1.165, 1.54) is 0 Å². The van der Waals surface area contributed by atoms with Gasteiger partial charge in [0.15, 0.2) is 11.5 Å². The van der Waals surface area contributed by atoms with Gasteiger partial charge in [-0.25, -0.2) is 9.98 Å². The molecule has 1 aliphatic carbocycles. The predicted molar refractivity (Wildman–Crippen MR) is 36.7 cm³/mol. The zero-order chi connectivity index (χ0) is 6.55. The second-order valence-electron chi connectivity index (χ2n) is 2.42. The van der Waals surface area contributed by atoms with Gasteiger partial charge in [0.05, 0.1) is 17.8 Å². The van der Waals surface area contributed by atoms with E-state index in [0.29, 0.717) is 0 Å². The van der Waals surface area contributed by atoms with Gasteiger partial charge in [-0.15, -0.1) is 0 Å². The fraction of sp³-hybridized carbons (Fsp3) is 0.143. The molecule has 10 heavy (non-hydrogen) atoms. The van der Waals surface area contributed by atoms with Crippen LogP contribution in [0, 0.1) is 0 Å². The van der Waals surface area contributed by atoms with Crippen LogP contribution in [0.4, 0.5) is 0 Å². The third-order valence-electron chi connectivity index (χ3n) is 1.77. The molecule has 0 saturated heterocycles. The number of nitrogens with zero attached hydrogens (tertiary/aromatic N) is 2. The highest BCUT2D eigenvalue weighted by atomic mass is 16.6. The van der Waals surface area contributed by atoms with Crippen LogP contribution < -0.4 is 0 Å². The van der Waals surface area contributed by atoms with Crippen LogP contribution in [-0.4, -0.2) is 12.1 Å². The predicted octanol–water partition coefficient (Wildman–Crippen LogP) is 0.999. The maximum atomic E-state index is 5.12. The van der Waals surface area contributed by atoms with Crippen molar-refractivity contribution in [3.05, 3.63) is 23.3 Å². The van der Waals surface area contributed by atoms with Crippen LogP contribution in [0.15, 0.2) is 33.3 Å². The molecule has 0 saturated carbocycles. The highest BCUT2D eigenvalue weighted by Crippen LogP contribution is 2.37. The lowest BCUT2D eigenvalue weighted by Crippen LogP contribution is -1.97. The third kappa shape index (κ3) is 0.409. The summed E-state index contributed by atoms with van der Waals surface area (Å²) in [5, 5.41) is 0. The van der Waals surface area contributed by atoms with E-state index < -0.39 is 0 Å². The van der Waals surface area contributed by atoms with Gasteiger partial charge in [0.25, 0.3) is 0 Å². The highest BCUT2D eigenvalue weighted by molar-refractivity contribution is 6.10. The molecule has 0 aromatic carbocycles. The minimum atomic E-state index is 0.834. The summed E-state index contributed by atoms with van der Waals surface area (Å²) in [5.41, 5.74) is 2.01. The van der Waals surface area contributed by atoms with Crippen molar-refractivity contribution in [3.8, 4) is 0 Å². The molecule has 0 bridgehead atoms. The number of fused-ring (bicyclic) bond motifs is 1. The topological polar surface area (TPSA) is 37.2 Å². The Hall–Kier alpha value is -1.38. The monoisotopic (exact) mass is 132 g/mol. The maximum Gasteiger partial charge on any atom is 0.168 e. The van der Waals surface area contributed by atoms with Gasteiger partial charge in [-0.3, -0.25) is 0 Å². The molecule has 0 radical (unpaired) electrons. The van der Waals surface area contributed by atoms with E-state index in [1.54, 1.807) is 6.34 Å². The molecule has 0 aromatic rings. The quantitative estimate of drug-likeness (QED) is 0.484. The van der Waals surface area contributed by atoms with Crippen LogP contribution in [0.3, 0.4) is 0 Å². The fourth-order valence-corrected chi connectivity index (χ4v) is 1.17. The Kier molecular flexibility index (Phi) is 0.537. The summed E-state index contributed by atoms with van der Waals surface area (Å²) in [4.78, 5) is 8.13. The zero-order valence-corrected chi connectivity index (χ0v) is 5.16. The van der Waals surface area contributed by atoms with Gasteiger partial charge in [0.2, 0.25) is 0 Å². The van der Waals surface area contributed by atoms with Crippen molar-refractivity contribution in [1.82, 2.24) is 0 Å². The minimum absolute atomic E-state index is 0.834. The number of hydrogen-bond donors (Lipinski definition) is 0. The van der Waals surface area contributed by atoms with E-state index in [0.717, 1.165) is 29.3 Å². The Morgan fingerprint density at radius 2 is 2.50 bits per heavy atom. The standard InChI is InChI=1S/C7H4N2O/c1-4-5(9-3-8-4)2-7-6(1)10-7/h1,3H,2H2. The van der Waals surface area contributed by atoms with Crippen molar-refractivity contribution < 1.29 is 4.74 Å². The number of allylic oxidation sites excluding steroid dienone is 3. The summed E-state index contributed by atoms with van der Waals surface area (Å²) in [6.45, 7) is 0. The van der Waals surface area contributed by atoms with Gasteiger partial charge < -0.3 is 4.74 Å². The van der Waals surface area contributed by atoms with Crippen molar-refractivity contribution in [2.75, 3.05) is 0 Å². The summed E-state index contributed by atoms with van der Waals surface area (Å²) in [6, 6.07) is 0. The van der Waals surface area contributed by atoms with Gasteiger partial charge in [-0.1, -0.05) is 0 Å².